The van der Waals surface area contributed by atoms with Crippen molar-refractivity contribution in [2.24, 2.45) is 0 Å². The number of carbonyl (C=O) groups excluding carboxylic acids is 2. The highest BCUT2D eigenvalue weighted by atomic mass is 32.2. The number of amides is 2. The maximum absolute atomic E-state index is 12.3. The molecule has 8 heteroatoms. The fraction of sp³-hybridized carbons (Fsp3) is 0.105. The van der Waals surface area contributed by atoms with Gasteiger partial charge in [-0.1, -0.05) is 30.3 Å². The number of hydrazine groups is 1. The standard InChI is InChI=1S/C19H18N4O3S/c1-26-17-10-13(27-2)8-9-14(17)18(24)22-23-19(25)16-11-15(20-21-16)12-6-4-3-5-7-12/h3-11H,1-2H3,(H,20,21)(H,22,24)(H,23,25). The van der Waals surface area contributed by atoms with E-state index >= 15 is 0 Å². The van der Waals surface area contributed by atoms with Gasteiger partial charge in [-0.2, -0.15) is 5.10 Å². The normalized spacial score (nSPS) is 10.3. The van der Waals surface area contributed by atoms with Crippen molar-refractivity contribution in [2.45, 2.75) is 4.90 Å². The van der Waals surface area contributed by atoms with Gasteiger partial charge in [0.25, 0.3) is 11.8 Å². The van der Waals surface area contributed by atoms with Crippen LogP contribution in [-0.2, 0) is 0 Å². The molecule has 0 aliphatic carbocycles. The van der Waals surface area contributed by atoms with E-state index in [0.29, 0.717) is 17.0 Å². The lowest BCUT2D eigenvalue weighted by molar-refractivity contribution is 0.0842. The van der Waals surface area contributed by atoms with Crippen LogP contribution in [0.4, 0.5) is 0 Å². The number of ether oxygens (including phenoxy) is 1. The van der Waals surface area contributed by atoms with E-state index in [4.69, 9.17) is 4.74 Å². The first-order valence-electron chi connectivity index (χ1n) is 8.06. The SMILES string of the molecule is COc1cc(SC)ccc1C(=O)NNC(=O)c1cc(-c2ccccc2)n[nH]1. The van der Waals surface area contributed by atoms with Crippen LogP contribution < -0.4 is 15.6 Å². The summed E-state index contributed by atoms with van der Waals surface area (Å²) >= 11 is 1.54. The Morgan fingerprint density at radius 3 is 2.48 bits per heavy atom. The second-order valence-corrected chi connectivity index (χ2v) is 6.39. The van der Waals surface area contributed by atoms with Gasteiger partial charge >= 0.3 is 0 Å². The van der Waals surface area contributed by atoms with Gasteiger partial charge in [-0.3, -0.25) is 25.5 Å². The van der Waals surface area contributed by atoms with E-state index in [0.717, 1.165) is 10.5 Å². The molecule has 7 nitrogen and oxygen atoms in total. The van der Waals surface area contributed by atoms with Gasteiger partial charge in [-0.15, -0.1) is 11.8 Å². The summed E-state index contributed by atoms with van der Waals surface area (Å²) in [5.74, 6) is -0.546. The lowest BCUT2D eigenvalue weighted by Gasteiger charge is -2.10. The van der Waals surface area contributed by atoms with Gasteiger partial charge in [-0.25, -0.2) is 0 Å². The lowest BCUT2D eigenvalue weighted by Crippen LogP contribution is -2.41. The van der Waals surface area contributed by atoms with E-state index in [1.807, 2.05) is 42.7 Å². The molecule has 0 radical (unpaired) electrons. The summed E-state index contributed by atoms with van der Waals surface area (Å²) in [4.78, 5) is 25.6. The second kappa shape index (κ2) is 8.41. The predicted octanol–water partition coefficient (Wildman–Crippen LogP) is 2.88. The van der Waals surface area contributed by atoms with Crippen molar-refractivity contribution < 1.29 is 14.3 Å². The number of rotatable bonds is 5. The van der Waals surface area contributed by atoms with Crippen LogP contribution in [0, 0.1) is 0 Å². The summed E-state index contributed by atoms with van der Waals surface area (Å²) in [5, 5.41) is 6.78. The summed E-state index contributed by atoms with van der Waals surface area (Å²) in [5.41, 5.74) is 6.84. The summed E-state index contributed by atoms with van der Waals surface area (Å²) in [7, 11) is 1.49. The van der Waals surface area contributed by atoms with Crippen molar-refractivity contribution in [1.29, 1.82) is 0 Å². The van der Waals surface area contributed by atoms with E-state index in [1.165, 1.54) is 7.11 Å². The third kappa shape index (κ3) is 4.29. The van der Waals surface area contributed by atoms with Crippen molar-refractivity contribution in [3.63, 3.8) is 0 Å². The molecule has 1 heterocycles. The highest BCUT2D eigenvalue weighted by Gasteiger charge is 2.15. The van der Waals surface area contributed by atoms with Gasteiger partial charge in [-0.05, 0) is 30.5 Å². The minimum Gasteiger partial charge on any atom is -0.496 e. The molecule has 27 heavy (non-hydrogen) atoms. The van der Waals surface area contributed by atoms with Crippen LogP contribution in [0.2, 0.25) is 0 Å². The number of nitrogens with zero attached hydrogens (tertiary/aromatic N) is 1. The van der Waals surface area contributed by atoms with Crippen LogP contribution in [0.5, 0.6) is 5.75 Å². The third-order valence-electron chi connectivity index (χ3n) is 3.83. The predicted molar refractivity (Wildman–Crippen MR) is 104 cm³/mol. The van der Waals surface area contributed by atoms with Gasteiger partial charge in [0.2, 0.25) is 0 Å². The number of aromatic nitrogens is 2. The first-order valence-corrected chi connectivity index (χ1v) is 9.28. The van der Waals surface area contributed by atoms with E-state index in [9.17, 15) is 9.59 Å². The zero-order valence-electron chi connectivity index (χ0n) is 14.8. The molecule has 2 amide bonds. The number of hydrogen-bond donors (Lipinski definition) is 3. The van der Waals surface area contributed by atoms with Crippen molar-refractivity contribution in [3.8, 4) is 17.0 Å². The molecule has 0 unspecified atom stereocenters. The summed E-state index contributed by atoms with van der Waals surface area (Å²) < 4.78 is 5.25. The molecular formula is C19H18N4O3S. The molecular weight excluding hydrogens is 364 g/mol. The molecule has 3 N–H and O–H groups in total. The molecule has 138 valence electrons. The number of methoxy groups -OCH3 is 1. The molecule has 0 saturated carbocycles. The topological polar surface area (TPSA) is 96.1 Å². The molecule has 0 aliphatic rings. The fourth-order valence-corrected chi connectivity index (χ4v) is 2.86. The molecule has 2 aromatic carbocycles. The fourth-order valence-electron chi connectivity index (χ4n) is 2.43. The van der Waals surface area contributed by atoms with Crippen LogP contribution in [0.3, 0.4) is 0 Å². The van der Waals surface area contributed by atoms with Gasteiger partial charge in [0, 0.05) is 10.5 Å². The van der Waals surface area contributed by atoms with E-state index < -0.39 is 11.8 Å². The highest BCUT2D eigenvalue weighted by Crippen LogP contribution is 2.25. The Labute approximate surface area is 160 Å². The average molecular weight is 382 g/mol. The van der Waals surface area contributed by atoms with Crippen LogP contribution in [-0.4, -0.2) is 35.4 Å². The summed E-state index contributed by atoms with van der Waals surface area (Å²) in [6, 6.07) is 16.3. The van der Waals surface area contributed by atoms with Gasteiger partial charge in [0.1, 0.15) is 11.4 Å². The highest BCUT2D eigenvalue weighted by molar-refractivity contribution is 7.98. The lowest BCUT2D eigenvalue weighted by atomic mass is 10.1. The molecule has 3 aromatic rings. The Kier molecular flexibility index (Phi) is 5.77. The van der Waals surface area contributed by atoms with E-state index in [2.05, 4.69) is 21.0 Å². The van der Waals surface area contributed by atoms with Crippen molar-refractivity contribution in [1.82, 2.24) is 21.0 Å². The molecule has 3 rings (SSSR count). The molecule has 0 bridgehead atoms. The van der Waals surface area contributed by atoms with Gasteiger partial charge < -0.3 is 4.74 Å². The quantitative estimate of drug-likeness (QED) is 0.466. The number of thioether (sulfide) groups is 1. The number of hydrogen-bond acceptors (Lipinski definition) is 5. The Morgan fingerprint density at radius 2 is 1.78 bits per heavy atom. The van der Waals surface area contributed by atoms with E-state index in [1.54, 1.807) is 30.0 Å². The minimum atomic E-state index is -0.502. The van der Waals surface area contributed by atoms with Crippen LogP contribution in [0.15, 0.2) is 59.5 Å². The van der Waals surface area contributed by atoms with Crippen molar-refractivity contribution >= 4 is 23.6 Å². The number of nitrogens with one attached hydrogen (secondary N) is 3. The zero-order valence-corrected chi connectivity index (χ0v) is 15.6. The number of carbonyl (C=O) groups is 2. The minimum absolute atomic E-state index is 0.235. The molecule has 0 fully saturated rings. The Balaban J connectivity index is 1.66. The number of H-pyrrole nitrogens is 1. The number of benzene rings is 2. The molecule has 0 aliphatic heterocycles. The Bertz CT molecular complexity index is 957. The average Bonchev–Trinajstić information content (AvgIpc) is 3.22. The maximum Gasteiger partial charge on any atom is 0.287 e. The van der Waals surface area contributed by atoms with E-state index in [-0.39, 0.29) is 5.69 Å². The Morgan fingerprint density at radius 1 is 1.04 bits per heavy atom. The first-order chi connectivity index (χ1) is 13.1. The van der Waals surface area contributed by atoms with Crippen molar-refractivity contribution in [3.05, 3.63) is 65.9 Å². The van der Waals surface area contributed by atoms with Crippen molar-refractivity contribution in [2.75, 3.05) is 13.4 Å². The van der Waals surface area contributed by atoms with Crippen LogP contribution in [0.25, 0.3) is 11.3 Å². The second-order valence-electron chi connectivity index (χ2n) is 5.51. The van der Waals surface area contributed by atoms with Crippen LogP contribution >= 0.6 is 11.8 Å². The largest absolute Gasteiger partial charge is 0.496 e. The molecule has 0 saturated heterocycles. The Hall–Kier alpha value is -3.26. The van der Waals surface area contributed by atoms with Gasteiger partial charge in [0.15, 0.2) is 0 Å². The summed E-state index contributed by atoms with van der Waals surface area (Å²) in [6.45, 7) is 0. The molecule has 0 spiro atoms. The maximum atomic E-state index is 12.3. The first kappa shape index (κ1) is 18.5. The molecule has 1 aromatic heterocycles. The monoisotopic (exact) mass is 382 g/mol. The molecule has 0 atom stereocenters. The smallest absolute Gasteiger partial charge is 0.287 e. The summed E-state index contributed by atoms with van der Waals surface area (Å²) in [6.07, 6.45) is 1.93. The van der Waals surface area contributed by atoms with Crippen LogP contribution in [0.1, 0.15) is 20.8 Å². The third-order valence-corrected chi connectivity index (χ3v) is 4.56. The number of aromatic amines is 1. The zero-order chi connectivity index (χ0) is 19.2. The van der Waals surface area contributed by atoms with Gasteiger partial charge in [0.05, 0.1) is 18.4 Å².